The monoisotopic (exact) mass is 204 g/mol. The zero-order valence-electron chi connectivity index (χ0n) is 7.22. The molecule has 0 aliphatic rings. The SMILES string of the molecule is CC(F)(F)c1cc(C(=O)O)ccc1F. The highest BCUT2D eigenvalue weighted by Crippen LogP contribution is 2.29. The Morgan fingerprint density at radius 3 is 2.43 bits per heavy atom. The van der Waals surface area contributed by atoms with Crippen LogP contribution < -0.4 is 0 Å². The van der Waals surface area contributed by atoms with E-state index in [-0.39, 0.29) is 5.56 Å². The van der Waals surface area contributed by atoms with Gasteiger partial charge in [-0.3, -0.25) is 0 Å². The lowest BCUT2D eigenvalue weighted by molar-refractivity contribution is 0.0137. The van der Waals surface area contributed by atoms with E-state index in [9.17, 15) is 18.0 Å². The van der Waals surface area contributed by atoms with Crippen LogP contribution >= 0.6 is 0 Å². The molecule has 0 bridgehead atoms. The smallest absolute Gasteiger partial charge is 0.335 e. The van der Waals surface area contributed by atoms with Crippen LogP contribution in [0.1, 0.15) is 22.8 Å². The zero-order chi connectivity index (χ0) is 10.9. The number of rotatable bonds is 2. The summed E-state index contributed by atoms with van der Waals surface area (Å²) in [6.07, 6.45) is 0. The van der Waals surface area contributed by atoms with E-state index in [2.05, 4.69) is 0 Å². The minimum absolute atomic E-state index is 0.358. The van der Waals surface area contributed by atoms with Crippen LogP contribution in [0.3, 0.4) is 0 Å². The lowest BCUT2D eigenvalue weighted by Gasteiger charge is -2.11. The standard InChI is InChI=1S/C9H7F3O2/c1-9(11,12)6-4-5(8(13)14)2-3-7(6)10/h2-4H,1H3,(H,13,14). The molecular formula is C9H7F3O2. The number of aromatic carboxylic acids is 1. The molecule has 1 aromatic rings. The average molecular weight is 204 g/mol. The van der Waals surface area contributed by atoms with Gasteiger partial charge in [-0.2, -0.15) is 0 Å². The van der Waals surface area contributed by atoms with Gasteiger partial charge in [0.1, 0.15) is 5.82 Å². The molecule has 0 atom stereocenters. The zero-order valence-corrected chi connectivity index (χ0v) is 7.22. The largest absolute Gasteiger partial charge is 0.478 e. The van der Waals surface area contributed by atoms with Gasteiger partial charge in [0.2, 0.25) is 0 Å². The van der Waals surface area contributed by atoms with Crippen molar-refractivity contribution < 1.29 is 23.1 Å². The second kappa shape index (κ2) is 3.32. The van der Waals surface area contributed by atoms with Crippen molar-refractivity contribution in [1.29, 1.82) is 0 Å². The molecule has 2 nitrogen and oxygen atoms in total. The third-order valence-electron chi connectivity index (χ3n) is 1.69. The van der Waals surface area contributed by atoms with Crippen molar-refractivity contribution in [3.8, 4) is 0 Å². The third kappa shape index (κ3) is 2.04. The Kier molecular flexibility index (Phi) is 2.51. The van der Waals surface area contributed by atoms with Gasteiger partial charge in [-0.1, -0.05) is 0 Å². The first kappa shape index (κ1) is 10.6. The molecule has 0 aliphatic heterocycles. The molecular weight excluding hydrogens is 197 g/mol. The summed E-state index contributed by atoms with van der Waals surface area (Å²) in [5, 5.41) is 8.50. The number of hydrogen-bond donors (Lipinski definition) is 1. The number of carboxylic acids is 1. The van der Waals surface area contributed by atoms with E-state index in [0.717, 1.165) is 12.1 Å². The molecule has 0 aliphatic carbocycles. The van der Waals surface area contributed by atoms with Crippen LogP contribution in [0.5, 0.6) is 0 Å². The molecule has 14 heavy (non-hydrogen) atoms. The Hall–Kier alpha value is -1.52. The lowest BCUT2D eigenvalue weighted by atomic mass is 10.1. The molecule has 0 aromatic heterocycles. The average Bonchev–Trinajstić information content (AvgIpc) is 2.02. The molecule has 0 saturated carbocycles. The predicted octanol–water partition coefficient (Wildman–Crippen LogP) is 2.64. The van der Waals surface area contributed by atoms with Crippen LogP contribution in [0.25, 0.3) is 0 Å². The van der Waals surface area contributed by atoms with Gasteiger partial charge in [-0.15, -0.1) is 0 Å². The quantitative estimate of drug-likeness (QED) is 0.803. The summed E-state index contributed by atoms with van der Waals surface area (Å²) in [6.45, 7) is 0.511. The van der Waals surface area contributed by atoms with Crippen LogP contribution in [0, 0.1) is 5.82 Å². The summed E-state index contributed by atoms with van der Waals surface area (Å²) in [6, 6.07) is 2.29. The van der Waals surface area contributed by atoms with Crippen LogP contribution in [0.15, 0.2) is 18.2 Å². The van der Waals surface area contributed by atoms with Crippen molar-refractivity contribution in [3.63, 3.8) is 0 Å². The molecule has 0 spiro atoms. The summed E-state index contributed by atoms with van der Waals surface area (Å²) < 4.78 is 38.3. The van der Waals surface area contributed by atoms with Crippen molar-refractivity contribution in [2.45, 2.75) is 12.8 Å². The van der Waals surface area contributed by atoms with E-state index in [1.807, 2.05) is 0 Å². The maximum absolute atomic E-state index is 12.9. The van der Waals surface area contributed by atoms with E-state index in [4.69, 9.17) is 5.11 Å². The normalized spacial score (nSPS) is 11.4. The lowest BCUT2D eigenvalue weighted by Crippen LogP contribution is -2.11. The number of alkyl halides is 2. The van der Waals surface area contributed by atoms with Crippen molar-refractivity contribution in [3.05, 3.63) is 35.1 Å². The van der Waals surface area contributed by atoms with Crippen LogP contribution in [0.4, 0.5) is 13.2 Å². The van der Waals surface area contributed by atoms with Gasteiger partial charge in [0.05, 0.1) is 11.1 Å². The van der Waals surface area contributed by atoms with E-state index < -0.39 is 23.3 Å². The maximum atomic E-state index is 12.9. The molecule has 0 heterocycles. The van der Waals surface area contributed by atoms with Gasteiger partial charge >= 0.3 is 5.97 Å². The molecule has 1 aromatic carbocycles. The summed E-state index contributed by atoms with van der Waals surface area (Å²) in [7, 11) is 0. The minimum Gasteiger partial charge on any atom is -0.478 e. The first-order valence-electron chi connectivity index (χ1n) is 3.73. The first-order valence-corrected chi connectivity index (χ1v) is 3.73. The van der Waals surface area contributed by atoms with Gasteiger partial charge in [-0.05, 0) is 18.2 Å². The van der Waals surface area contributed by atoms with E-state index in [0.29, 0.717) is 13.0 Å². The number of benzene rings is 1. The van der Waals surface area contributed by atoms with Crippen molar-refractivity contribution in [2.24, 2.45) is 0 Å². The van der Waals surface area contributed by atoms with Gasteiger partial charge in [-0.25, -0.2) is 18.0 Å². The molecule has 0 radical (unpaired) electrons. The molecule has 0 fully saturated rings. The predicted molar refractivity (Wildman–Crippen MR) is 42.9 cm³/mol. The van der Waals surface area contributed by atoms with Crippen molar-refractivity contribution in [1.82, 2.24) is 0 Å². The highest BCUT2D eigenvalue weighted by molar-refractivity contribution is 5.87. The fraction of sp³-hybridized carbons (Fsp3) is 0.222. The molecule has 1 N–H and O–H groups in total. The second-order valence-corrected chi connectivity index (χ2v) is 2.89. The Bertz CT molecular complexity index is 369. The molecule has 0 amide bonds. The number of carbonyl (C=O) groups is 1. The second-order valence-electron chi connectivity index (χ2n) is 2.89. The third-order valence-corrected chi connectivity index (χ3v) is 1.69. The summed E-state index contributed by atoms with van der Waals surface area (Å²) >= 11 is 0. The highest BCUT2D eigenvalue weighted by Gasteiger charge is 2.28. The summed E-state index contributed by atoms with van der Waals surface area (Å²) in [5.74, 6) is -5.85. The molecule has 1 rings (SSSR count). The van der Waals surface area contributed by atoms with Crippen LogP contribution in [-0.2, 0) is 5.92 Å². The van der Waals surface area contributed by atoms with Gasteiger partial charge < -0.3 is 5.11 Å². The summed E-state index contributed by atoms with van der Waals surface area (Å²) in [5.41, 5.74) is -1.26. The van der Waals surface area contributed by atoms with Gasteiger partial charge in [0, 0.05) is 6.92 Å². The molecule has 0 unspecified atom stereocenters. The Balaban J connectivity index is 3.29. The number of carboxylic acid groups (broad SMARTS) is 1. The topological polar surface area (TPSA) is 37.3 Å². The van der Waals surface area contributed by atoms with Crippen molar-refractivity contribution in [2.75, 3.05) is 0 Å². The van der Waals surface area contributed by atoms with E-state index in [1.165, 1.54) is 0 Å². The minimum atomic E-state index is -3.38. The van der Waals surface area contributed by atoms with Gasteiger partial charge in [0.25, 0.3) is 5.92 Å². The van der Waals surface area contributed by atoms with Gasteiger partial charge in [0.15, 0.2) is 0 Å². The Morgan fingerprint density at radius 1 is 1.43 bits per heavy atom. The van der Waals surface area contributed by atoms with E-state index >= 15 is 0 Å². The highest BCUT2D eigenvalue weighted by atomic mass is 19.3. The fourth-order valence-electron chi connectivity index (χ4n) is 0.995. The molecule has 0 saturated heterocycles. The number of hydrogen-bond acceptors (Lipinski definition) is 1. The van der Waals surface area contributed by atoms with Crippen LogP contribution in [0.2, 0.25) is 0 Å². The Labute approximate surface area is 78.0 Å². The van der Waals surface area contributed by atoms with Crippen LogP contribution in [-0.4, -0.2) is 11.1 Å². The Morgan fingerprint density at radius 2 is 2.00 bits per heavy atom. The fourth-order valence-corrected chi connectivity index (χ4v) is 0.995. The van der Waals surface area contributed by atoms with Crippen molar-refractivity contribution >= 4 is 5.97 Å². The summed E-state index contributed by atoms with van der Waals surface area (Å²) in [4.78, 5) is 10.4. The molecule has 76 valence electrons. The molecule has 5 heteroatoms. The van der Waals surface area contributed by atoms with E-state index in [1.54, 1.807) is 0 Å². The maximum Gasteiger partial charge on any atom is 0.335 e. The first-order chi connectivity index (χ1) is 6.32. The number of halogens is 3.